The number of rotatable bonds is 37. The highest BCUT2D eigenvalue weighted by Crippen LogP contribution is 2.17. The molecule has 7 heteroatoms. The van der Waals surface area contributed by atoms with E-state index in [1.165, 1.54) is 122 Å². The van der Waals surface area contributed by atoms with Crippen molar-refractivity contribution in [2.24, 2.45) is 0 Å². The number of alkyl carbamates (subject to hydrolysis) is 1. The first-order valence-electron chi connectivity index (χ1n) is 19.4. The zero-order chi connectivity index (χ0) is 32.9. The monoisotopic (exact) mass is 646 g/mol. The van der Waals surface area contributed by atoms with Crippen LogP contribution < -0.4 is 5.32 Å². The number of hydrogen-bond acceptors (Lipinski definition) is 5. The molecule has 0 heterocycles. The summed E-state index contributed by atoms with van der Waals surface area (Å²) in [5.41, 5.74) is 0. The number of amides is 1. The second kappa shape index (κ2) is 37.5. The Bertz CT molecular complexity index is 582. The SMILES string of the molecule is CCCCCCCCCCCCCC(COCCOCCCC)OCC(CCCCCCCCCCCCC)OC(=O)NCF. The molecule has 6 nitrogen and oxygen atoms in total. The topological polar surface area (TPSA) is 66.0 Å². The number of ether oxygens (including phenoxy) is 4. The third-order valence-electron chi connectivity index (χ3n) is 8.58. The van der Waals surface area contributed by atoms with E-state index >= 15 is 0 Å². The van der Waals surface area contributed by atoms with Gasteiger partial charge in [0, 0.05) is 6.61 Å². The fraction of sp³-hybridized carbons (Fsp3) is 0.974. The standard InChI is InChI=1S/C38H76FNO5/c1-4-7-10-12-14-16-18-20-22-24-26-28-36(33-43-32-31-42-30-9-6-3)44-34-37(45-38(41)40-35-39)29-27-25-23-21-19-17-15-13-11-8-5-2/h36-37H,4-35H2,1-3H3,(H,40,41). The molecule has 0 spiro atoms. The first-order chi connectivity index (χ1) is 22.2. The van der Waals surface area contributed by atoms with Crippen LogP contribution in [0.2, 0.25) is 0 Å². The maximum atomic E-state index is 12.7. The second-order valence-corrected chi connectivity index (χ2v) is 13.0. The summed E-state index contributed by atoms with van der Waals surface area (Å²) in [5, 5.41) is 2.12. The first kappa shape index (κ1) is 44.1. The summed E-state index contributed by atoms with van der Waals surface area (Å²) in [4.78, 5) is 12.0. The van der Waals surface area contributed by atoms with Crippen LogP contribution in [-0.2, 0) is 18.9 Å². The molecule has 45 heavy (non-hydrogen) atoms. The molecule has 1 N–H and O–H groups in total. The molecule has 0 aromatic carbocycles. The molecule has 0 bridgehead atoms. The van der Waals surface area contributed by atoms with Gasteiger partial charge in [0.2, 0.25) is 0 Å². The quantitative estimate of drug-likeness (QED) is 0.0538. The van der Waals surface area contributed by atoms with E-state index in [-0.39, 0.29) is 12.2 Å². The molecular formula is C38H76FNO5. The van der Waals surface area contributed by atoms with Gasteiger partial charge in [-0.2, -0.15) is 0 Å². The van der Waals surface area contributed by atoms with E-state index in [1.54, 1.807) is 0 Å². The highest BCUT2D eigenvalue weighted by Gasteiger charge is 2.18. The Balaban J connectivity index is 4.50. The van der Waals surface area contributed by atoms with Gasteiger partial charge in [-0.1, -0.05) is 162 Å². The van der Waals surface area contributed by atoms with Gasteiger partial charge in [0.25, 0.3) is 0 Å². The zero-order valence-electron chi connectivity index (χ0n) is 30.2. The van der Waals surface area contributed by atoms with E-state index in [4.69, 9.17) is 18.9 Å². The minimum atomic E-state index is -0.930. The molecule has 0 radical (unpaired) electrons. The van der Waals surface area contributed by atoms with Crippen molar-refractivity contribution in [3.05, 3.63) is 0 Å². The van der Waals surface area contributed by atoms with Crippen LogP contribution in [0, 0.1) is 0 Å². The van der Waals surface area contributed by atoms with E-state index in [0.29, 0.717) is 26.4 Å². The summed E-state index contributed by atoms with van der Waals surface area (Å²) in [6, 6.07) is 0. The van der Waals surface area contributed by atoms with Gasteiger partial charge in [-0.3, -0.25) is 5.32 Å². The predicted octanol–water partition coefficient (Wildman–Crippen LogP) is 11.6. The normalized spacial score (nSPS) is 12.8. The number of halogens is 1. The molecule has 0 rings (SSSR count). The van der Waals surface area contributed by atoms with E-state index in [0.717, 1.165) is 51.6 Å². The van der Waals surface area contributed by atoms with Gasteiger partial charge in [-0.15, -0.1) is 0 Å². The zero-order valence-corrected chi connectivity index (χ0v) is 30.2. The minimum absolute atomic E-state index is 0.0492. The Morgan fingerprint density at radius 1 is 0.511 bits per heavy atom. The largest absolute Gasteiger partial charge is 0.444 e. The molecule has 0 aliphatic heterocycles. The van der Waals surface area contributed by atoms with Crippen LogP contribution in [0.15, 0.2) is 0 Å². The van der Waals surface area contributed by atoms with Crippen molar-refractivity contribution >= 4 is 6.09 Å². The lowest BCUT2D eigenvalue weighted by Crippen LogP contribution is -2.33. The number of carbonyl (C=O) groups is 1. The van der Waals surface area contributed by atoms with Crippen molar-refractivity contribution in [3.8, 4) is 0 Å². The van der Waals surface area contributed by atoms with Crippen LogP contribution in [0.5, 0.6) is 0 Å². The number of unbranched alkanes of at least 4 members (excludes halogenated alkanes) is 21. The van der Waals surface area contributed by atoms with Crippen LogP contribution in [0.4, 0.5) is 9.18 Å². The summed E-state index contributed by atoms with van der Waals surface area (Å²) in [5.74, 6) is 0. The molecular weight excluding hydrogens is 569 g/mol. The lowest BCUT2D eigenvalue weighted by Gasteiger charge is -2.23. The smallest absolute Gasteiger partial charge is 0.409 e. The minimum Gasteiger partial charge on any atom is -0.444 e. The van der Waals surface area contributed by atoms with Crippen LogP contribution in [0.3, 0.4) is 0 Å². The Hall–Kier alpha value is -0.920. The first-order valence-corrected chi connectivity index (χ1v) is 19.4. The van der Waals surface area contributed by atoms with Crippen LogP contribution in [-0.4, -0.2) is 58.1 Å². The van der Waals surface area contributed by atoms with Crippen LogP contribution >= 0.6 is 0 Å². The van der Waals surface area contributed by atoms with E-state index in [2.05, 4.69) is 26.1 Å². The summed E-state index contributed by atoms with van der Waals surface area (Å²) < 4.78 is 36.1. The van der Waals surface area contributed by atoms with E-state index < -0.39 is 12.9 Å². The third-order valence-corrected chi connectivity index (χ3v) is 8.58. The molecule has 270 valence electrons. The maximum absolute atomic E-state index is 12.7. The fourth-order valence-electron chi connectivity index (χ4n) is 5.64. The number of alkyl halides is 1. The van der Waals surface area contributed by atoms with Crippen molar-refractivity contribution in [1.82, 2.24) is 5.32 Å². The second-order valence-electron chi connectivity index (χ2n) is 13.0. The van der Waals surface area contributed by atoms with Crippen molar-refractivity contribution in [2.75, 3.05) is 39.8 Å². The molecule has 0 aliphatic carbocycles. The summed E-state index contributed by atoms with van der Waals surface area (Å²) in [7, 11) is 0. The summed E-state index contributed by atoms with van der Waals surface area (Å²) >= 11 is 0. The molecule has 0 saturated heterocycles. The van der Waals surface area contributed by atoms with Gasteiger partial charge < -0.3 is 18.9 Å². The summed E-state index contributed by atoms with van der Waals surface area (Å²) in [6.45, 7) is 8.51. The average molecular weight is 646 g/mol. The number of carbonyl (C=O) groups excluding carboxylic acids is 1. The van der Waals surface area contributed by atoms with Gasteiger partial charge in [-0.05, 0) is 25.7 Å². The fourth-order valence-corrected chi connectivity index (χ4v) is 5.64. The Morgan fingerprint density at radius 3 is 1.40 bits per heavy atom. The van der Waals surface area contributed by atoms with Gasteiger partial charge in [0.15, 0.2) is 6.80 Å². The molecule has 0 saturated carbocycles. The van der Waals surface area contributed by atoms with Crippen LogP contribution in [0.25, 0.3) is 0 Å². The van der Waals surface area contributed by atoms with E-state index in [1.807, 2.05) is 0 Å². The number of hydrogen-bond donors (Lipinski definition) is 1. The highest BCUT2D eigenvalue weighted by molar-refractivity contribution is 5.67. The van der Waals surface area contributed by atoms with Crippen LogP contribution in [0.1, 0.15) is 188 Å². The van der Waals surface area contributed by atoms with Crippen molar-refractivity contribution in [1.29, 1.82) is 0 Å². The molecule has 0 aromatic heterocycles. The average Bonchev–Trinajstić information content (AvgIpc) is 3.03. The lowest BCUT2D eigenvalue weighted by atomic mass is 10.0. The van der Waals surface area contributed by atoms with Gasteiger partial charge in [0.1, 0.15) is 6.10 Å². The van der Waals surface area contributed by atoms with Gasteiger partial charge in [0.05, 0.1) is 32.5 Å². The molecule has 0 fully saturated rings. The Morgan fingerprint density at radius 2 is 0.933 bits per heavy atom. The molecule has 2 atom stereocenters. The molecule has 0 aliphatic rings. The number of nitrogens with one attached hydrogen (secondary N) is 1. The van der Waals surface area contributed by atoms with Crippen molar-refractivity contribution in [2.45, 2.75) is 200 Å². The Labute approximate surface area is 279 Å². The van der Waals surface area contributed by atoms with Crippen molar-refractivity contribution < 1.29 is 28.1 Å². The molecule has 2 unspecified atom stereocenters. The summed E-state index contributed by atoms with van der Waals surface area (Å²) in [6.07, 6.45) is 31.1. The van der Waals surface area contributed by atoms with E-state index in [9.17, 15) is 9.18 Å². The predicted molar refractivity (Wildman–Crippen MR) is 188 cm³/mol. The lowest BCUT2D eigenvalue weighted by molar-refractivity contribution is -0.0639. The van der Waals surface area contributed by atoms with Gasteiger partial charge in [-0.25, -0.2) is 9.18 Å². The molecule has 1 amide bonds. The molecule has 0 aromatic rings. The maximum Gasteiger partial charge on any atom is 0.409 e. The van der Waals surface area contributed by atoms with Crippen molar-refractivity contribution in [3.63, 3.8) is 0 Å². The Kier molecular flexibility index (Phi) is 36.8. The highest BCUT2D eigenvalue weighted by atomic mass is 19.1. The third kappa shape index (κ3) is 34.2. The van der Waals surface area contributed by atoms with Gasteiger partial charge >= 0.3 is 6.09 Å².